The van der Waals surface area contributed by atoms with Gasteiger partial charge in [-0.25, -0.2) is 0 Å². The molecule has 0 amide bonds. The van der Waals surface area contributed by atoms with Gasteiger partial charge in [0.2, 0.25) is 0 Å². The SMILES string of the molecule is C1=CC2C(C=C1)C(c1ccccc1)[C@@H]1C=CC=CC1C2C1=CC2c3ccccc3N(c3cccc(N(c4ccccc4)c4cccc5ccccc45)c3)C2C=C1. The Kier molecular flexibility index (Phi) is 8.09. The summed E-state index contributed by atoms with van der Waals surface area (Å²) >= 11 is 0. The van der Waals surface area contributed by atoms with Crippen molar-refractivity contribution in [3.63, 3.8) is 0 Å². The molecule has 1 fully saturated rings. The molecule has 11 rings (SSSR count). The Balaban J connectivity index is 0.986. The van der Waals surface area contributed by atoms with Crippen LogP contribution in [0, 0.1) is 29.6 Å². The van der Waals surface area contributed by atoms with Crippen molar-refractivity contribution >= 4 is 39.2 Å². The third kappa shape index (κ3) is 5.39. The second-order valence-electron chi connectivity index (χ2n) is 16.0. The Morgan fingerprint density at radius 2 is 1.09 bits per heavy atom. The predicted octanol–water partition coefficient (Wildman–Crippen LogP) is 13.5. The summed E-state index contributed by atoms with van der Waals surface area (Å²) in [5, 5.41) is 2.47. The van der Waals surface area contributed by atoms with E-state index in [-0.39, 0.29) is 12.0 Å². The van der Waals surface area contributed by atoms with Gasteiger partial charge in [0.1, 0.15) is 0 Å². The van der Waals surface area contributed by atoms with Gasteiger partial charge in [-0.2, -0.15) is 0 Å². The molecular formula is C54H44N2. The molecule has 0 saturated heterocycles. The molecule has 4 aliphatic carbocycles. The summed E-state index contributed by atoms with van der Waals surface area (Å²) < 4.78 is 0. The molecule has 0 aromatic heterocycles. The van der Waals surface area contributed by atoms with Crippen molar-refractivity contribution in [1.29, 1.82) is 0 Å². The van der Waals surface area contributed by atoms with Crippen LogP contribution in [0.2, 0.25) is 0 Å². The average molecular weight is 721 g/mol. The average Bonchev–Trinajstić information content (AvgIpc) is 3.60. The van der Waals surface area contributed by atoms with Crippen molar-refractivity contribution in [3.05, 3.63) is 235 Å². The third-order valence-corrected chi connectivity index (χ3v) is 13.1. The zero-order valence-electron chi connectivity index (χ0n) is 31.3. The summed E-state index contributed by atoms with van der Waals surface area (Å²) in [5.74, 6) is 2.85. The van der Waals surface area contributed by atoms with Crippen LogP contribution < -0.4 is 9.80 Å². The van der Waals surface area contributed by atoms with E-state index in [9.17, 15) is 0 Å². The summed E-state index contributed by atoms with van der Waals surface area (Å²) in [6, 6.07) is 55.8. The van der Waals surface area contributed by atoms with Crippen LogP contribution in [0.4, 0.5) is 28.4 Å². The Labute approximate surface area is 330 Å². The first kappa shape index (κ1) is 33.0. The molecule has 1 aliphatic heterocycles. The van der Waals surface area contributed by atoms with Crippen molar-refractivity contribution in [1.82, 2.24) is 0 Å². The summed E-state index contributed by atoms with van der Waals surface area (Å²) in [4.78, 5) is 5.00. The molecule has 6 aromatic carbocycles. The molecule has 0 radical (unpaired) electrons. The monoisotopic (exact) mass is 720 g/mol. The highest BCUT2D eigenvalue weighted by molar-refractivity contribution is 5.99. The summed E-state index contributed by atoms with van der Waals surface area (Å²) in [6.45, 7) is 0. The second-order valence-corrected chi connectivity index (χ2v) is 16.0. The van der Waals surface area contributed by atoms with Gasteiger partial charge in [0.15, 0.2) is 0 Å². The molecule has 1 saturated carbocycles. The molecule has 0 N–H and O–H groups in total. The Morgan fingerprint density at radius 1 is 0.482 bits per heavy atom. The number of hydrogen-bond donors (Lipinski definition) is 0. The fraction of sp³-hybridized carbons (Fsp3) is 0.148. The van der Waals surface area contributed by atoms with Crippen LogP contribution >= 0.6 is 0 Å². The summed E-state index contributed by atoms with van der Waals surface area (Å²) in [7, 11) is 0. The molecule has 5 aliphatic rings. The molecule has 1 heterocycles. The number of anilines is 5. The Hall–Kier alpha value is -6.38. The van der Waals surface area contributed by atoms with E-state index in [1.807, 2.05) is 0 Å². The van der Waals surface area contributed by atoms with Crippen LogP contribution in [-0.2, 0) is 0 Å². The molecular weight excluding hydrogens is 677 g/mol. The highest BCUT2D eigenvalue weighted by Gasteiger charge is 2.50. The summed E-state index contributed by atoms with van der Waals surface area (Å²) in [5.41, 5.74) is 10.3. The Bertz CT molecular complexity index is 2570. The number of fused-ring (bicyclic) bond motifs is 6. The van der Waals surface area contributed by atoms with Gasteiger partial charge < -0.3 is 9.80 Å². The van der Waals surface area contributed by atoms with Gasteiger partial charge in [0, 0.05) is 34.1 Å². The maximum absolute atomic E-state index is 2.65. The lowest BCUT2D eigenvalue weighted by Crippen LogP contribution is -2.45. The molecule has 270 valence electrons. The van der Waals surface area contributed by atoms with Crippen LogP contribution in [0.15, 0.2) is 224 Å². The van der Waals surface area contributed by atoms with E-state index in [1.54, 1.807) is 0 Å². The first-order chi connectivity index (χ1) is 27.8. The van der Waals surface area contributed by atoms with Crippen molar-refractivity contribution in [2.24, 2.45) is 29.6 Å². The summed E-state index contributed by atoms with van der Waals surface area (Å²) in [6.07, 6.45) is 26.9. The molecule has 2 heteroatoms. The molecule has 0 bridgehead atoms. The first-order valence-corrected chi connectivity index (χ1v) is 20.3. The normalized spacial score (nSPS) is 26.6. The molecule has 0 spiro atoms. The van der Waals surface area contributed by atoms with Crippen LogP contribution in [0.3, 0.4) is 0 Å². The minimum Gasteiger partial charge on any atom is -0.333 e. The highest BCUT2D eigenvalue weighted by Crippen LogP contribution is 2.58. The number of allylic oxidation sites excluding steroid dienone is 10. The maximum atomic E-state index is 2.65. The van der Waals surface area contributed by atoms with Gasteiger partial charge in [0.25, 0.3) is 0 Å². The van der Waals surface area contributed by atoms with E-state index in [0.717, 1.165) is 11.4 Å². The van der Waals surface area contributed by atoms with Crippen molar-refractivity contribution in [2.45, 2.75) is 17.9 Å². The largest absolute Gasteiger partial charge is 0.333 e. The van der Waals surface area contributed by atoms with Gasteiger partial charge in [-0.3, -0.25) is 0 Å². The van der Waals surface area contributed by atoms with Crippen molar-refractivity contribution < 1.29 is 0 Å². The zero-order valence-corrected chi connectivity index (χ0v) is 31.3. The minimum absolute atomic E-state index is 0.185. The van der Waals surface area contributed by atoms with E-state index < -0.39 is 0 Å². The van der Waals surface area contributed by atoms with Crippen LogP contribution in [0.1, 0.15) is 23.0 Å². The standard InChI is InChI=1S/C54H44N2/c1-3-18-38(19-4-1)53-45-27-9-11-29-47(45)54(48-30-12-10-28-46(48)53)39-33-34-52-49(35-39)44-26-13-14-31-51(44)56(52)42-24-16-23-41(36-42)55(40-21-5-2-6-22-40)50-32-15-20-37-17-7-8-25-43(37)50/h1-36,45-49,52-54H/t45-,46?,47?,48?,49?,52?,53?,54?/m1/s1. The fourth-order valence-electron chi connectivity index (χ4n) is 10.9. The lowest BCUT2D eigenvalue weighted by molar-refractivity contribution is 0.133. The van der Waals surface area contributed by atoms with Gasteiger partial charge in [-0.15, -0.1) is 0 Å². The van der Waals surface area contributed by atoms with Crippen molar-refractivity contribution in [3.8, 4) is 0 Å². The lowest BCUT2D eigenvalue weighted by atomic mass is 9.52. The fourth-order valence-corrected chi connectivity index (χ4v) is 10.9. The predicted molar refractivity (Wildman–Crippen MR) is 234 cm³/mol. The molecule has 56 heavy (non-hydrogen) atoms. The van der Waals surface area contributed by atoms with Gasteiger partial charge in [0.05, 0.1) is 11.7 Å². The smallest absolute Gasteiger partial charge is 0.0629 e. The minimum atomic E-state index is 0.185. The quantitative estimate of drug-likeness (QED) is 0.169. The van der Waals surface area contributed by atoms with Gasteiger partial charge in [-0.05, 0) is 100 Å². The van der Waals surface area contributed by atoms with E-state index in [2.05, 4.69) is 228 Å². The number of rotatable bonds is 6. The van der Waals surface area contributed by atoms with Crippen LogP contribution in [-0.4, -0.2) is 6.04 Å². The van der Waals surface area contributed by atoms with E-state index in [1.165, 1.54) is 44.5 Å². The van der Waals surface area contributed by atoms with E-state index >= 15 is 0 Å². The van der Waals surface area contributed by atoms with Gasteiger partial charge >= 0.3 is 0 Å². The number of hydrogen-bond acceptors (Lipinski definition) is 2. The maximum Gasteiger partial charge on any atom is 0.0629 e. The van der Waals surface area contributed by atoms with Crippen molar-refractivity contribution in [2.75, 3.05) is 9.80 Å². The third-order valence-electron chi connectivity index (χ3n) is 13.1. The van der Waals surface area contributed by atoms with Crippen LogP contribution in [0.25, 0.3) is 10.8 Å². The van der Waals surface area contributed by atoms with E-state index in [0.29, 0.717) is 35.5 Å². The number of para-hydroxylation sites is 2. The lowest BCUT2D eigenvalue weighted by Gasteiger charge is -2.51. The molecule has 6 aromatic rings. The number of nitrogens with zero attached hydrogens (tertiary/aromatic N) is 2. The number of benzene rings is 6. The zero-order chi connectivity index (χ0) is 37.0. The van der Waals surface area contributed by atoms with Gasteiger partial charge in [-0.1, -0.05) is 176 Å². The molecule has 2 nitrogen and oxygen atoms in total. The second kappa shape index (κ2) is 13.7. The first-order valence-electron chi connectivity index (χ1n) is 20.3. The Morgan fingerprint density at radius 3 is 1.86 bits per heavy atom. The highest BCUT2D eigenvalue weighted by atomic mass is 15.2. The topological polar surface area (TPSA) is 6.48 Å². The molecule has 7 unspecified atom stereocenters. The van der Waals surface area contributed by atoms with Crippen LogP contribution in [0.5, 0.6) is 0 Å². The van der Waals surface area contributed by atoms with E-state index in [4.69, 9.17) is 0 Å². The molecule has 8 atom stereocenters.